The van der Waals surface area contributed by atoms with Crippen molar-refractivity contribution in [2.45, 2.75) is 155 Å². The van der Waals surface area contributed by atoms with Gasteiger partial charge in [0.05, 0.1) is 60.0 Å². The molecular weight excluding hydrogens is 1660 g/mol. The number of rotatable bonds is 14. The summed E-state index contributed by atoms with van der Waals surface area (Å²) in [4.78, 5) is 51.2. The van der Waals surface area contributed by atoms with Crippen molar-refractivity contribution in [2.75, 3.05) is 180 Å². The molecule has 12 aromatic heterocycles. The van der Waals surface area contributed by atoms with Gasteiger partial charge < -0.3 is 64.1 Å². The Morgan fingerprint density at radius 3 is 1.18 bits per heavy atom. The Morgan fingerprint density at radius 2 is 0.760 bits per heavy atom. The molecule has 1 unspecified atom stereocenters. The first-order valence-electron chi connectivity index (χ1n) is 45.1. The first-order chi connectivity index (χ1) is 61.8. The van der Waals surface area contributed by atoms with E-state index in [1.165, 1.54) is 173 Å². The van der Waals surface area contributed by atoms with Crippen LogP contribution in [0.4, 0.5) is 40.7 Å². The second-order valence-corrected chi connectivity index (χ2v) is 38.2. The minimum Gasteiger partial charge on any atom is -0.497 e. The number of nitrogens with zero attached hydrogens (tertiary/aromatic N) is 21. The number of ether oxygens (including phenoxy) is 5. The zero-order valence-electron chi connectivity index (χ0n) is 71.1. The van der Waals surface area contributed by atoms with E-state index in [-0.39, 0.29) is 5.56 Å². The SMILES string of the molecule is CC1CN(c2nnnc3c2sc2nc(N4CCOCC4)c4c(c23)CCCC4)CCN1.COc1ccc(CNc2nnnc3c2sc2nc(N4CCOCC4)c4c(c23)CCCC4)cc1.O=c1[nH]nnc2c1sc1nc(N3CCOCC3)c3c(c12)CCCC3.c1cc(CN2CCCCC2)ccc1CNc1nnnc2c1sc1nc(N3CCOCC3)c3c(c12)CCCC3. The van der Waals surface area contributed by atoms with E-state index in [1.54, 1.807) is 41.1 Å². The smallest absolute Gasteiger partial charge is 0.285 e. The Kier molecular flexibility index (Phi) is 24.3. The topological polar surface area (TPSA) is 328 Å². The molecule has 0 saturated carbocycles. The quantitative estimate of drug-likeness (QED) is 0.0786. The molecule has 0 amide bonds. The molecule has 6 aliphatic heterocycles. The summed E-state index contributed by atoms with van der Waals surface area (Å²) in [5.41, 5.74) is 18.3. The van der Waals surface area contributed by atoms with E-state index in [2.05, 4.69) is 150 Å². The third kappa shape index (κ3) is 16.7. The van der Waals surface area contributed by atoms with E-state index in [0.29, 0.717) is 29.3 Å². The molecule has 31 nitrogen and oxygen atoms in total. The molecule has 2 aromatic carbocycles. The van der Waals surface area contributed by atoms with Gasteiger partial charge in [-0.15, -0.1) is 81.0 Å². The van der Waals surface area contributed by atoms with Crippen molar-refractivity contribution in [2.24, 2.45) is 0 Å². The largest absolute Gasteiger partial charge is 0.497 e. The number of piperazine rings is 1. The predicted octanol–water partition coefficient (Wildman–Crippen LogP) is 12.7. The minimum absolute atomic E-state index is 0.180. The third-order valence-electron chi connectivity index (χ3n) is 26.3. The van der Waals surface area contributed by atoms with Crippen molar-refractivity contribution in [1.82, 2.24) is 91.8 Å². The van der Waals surface area contributed by atoms with Crippen LogP contribution in [0.25, 0.3) is 81.7 Å². The summed E-state index contributed by atoms with van der Waals surface area (Å²) in [5, 5.41) is 64.8. The average molecular weight is 1760 g/mol. The number of aromatic amines is 1. The molecule has 6 fully saturated rings. The molecule has 1 atom stereocenters. The molecule has 650 valence electrons. The lowest BCUT2D eigenvalue weighted by Gasteiger charge is -2.32. The van der Waals surface area contributed by atoms with E-state index in [1.807, 2.05) is 12.1 Å². The third-order valence-corrected chi connectivity index (χ3v) is 30.6. The lowest BCUT2D eigenvalue weighted by atomic mass is 9.90. The lowest BCUT2D eigenvalue weighted by molar-refractivity contribution is 0.122. The second-order valence-electron chi connectivity index (χ2n) is 34.2. The Hall–Kier alpha value is -10.1. The number of anilines is 7. The number of hydrogen-bond donors (Lipinski definition) is 4. The Balaban J connectivity index is 0.000000103. The molecule has 10 aliphatic rings. The van der Waals surface area contributed by atoms with E-state index in [4.69, 9.17) is 43.6 Å². The highest BCUT2D eigenvalue weighted by atomic mass is 32.1. The minimum atomic E-state index is -0.180. The first kappa shape index (κ1) is 81.9. The van der Waals surface area contributed by atoms with Crippen LogP contribution in [0.5, 0.6) is 5.75 Å². The molecule has 0 bridgehead atoms. The van der Waals surface area contributed by atoms with Gasteiger partial charge in [-0.05, 0) is 225 Å². The zero-order valence-corrected chi connectivity index (χ0v) is 74.3. The normalized spacial score (nSPS) is 18.9. The lowest BCUT2D eigenvalue weighted by Crippen LogP contribution is -2.49. The standard InChI is InChI=1S/C29H35N7OS.C24H26N6O2S.C21H27N7OS.C16H17N5O2S/c1-4-12-35(13-5-1)19-21-10-8-20(9-11-21)18-30-27-26-25(32-34-33-27)24-22-6-2-3-7-23(22)28(31-29(24)38-26)36-14-16-37-17-15-36;1-31-16-8-6-15(7-9-16)14-25-22-21-20(27-29-28-22)19-17-4-2-3-5-18(17)23(26-24(19)33-21)30-10-12-32-13-11-30;1-13-12-28(7-6-22-13)20-18-17(24-26-25-20)16-14-4-2-3-5-15(14)19(23-21(16)30-18)27-8-10-29-11-9-27;22-15-13-12(18-20-19-15)11-9-3-1-2-4-10(9)14(17-16(11)24-13)21-5-7-23-8-6-21/h8-11H,1-7,12-19H2,(H,30,32,33);6-9H,2-5,10-14H2,1H3,(H,25,27,28);13,22H,2-12H2,1H3;1-8H2,(H,18,19,22). The Labute approximate surface area is 739 Å². The van der Waals surface area contributed by atoms with Crippen LogP contribution in [-0.2, 0) is 89.9 Å². The molecular formula is C90H105N25O6S4. The first-order valence-corrected chi connectivity index (χ1v) is 48.3. The van der Waals surface area contributed by atoms with Crippen LogP contribution >= 0.6 is 45.3 Å². The maximum Gasteiger partial charge on any atom is 0.285 e. The van der Waals surface area contributed by atoms with Crippen molar-refractivity contribution in [3.63, 3.8) is 0 Å². The monoisotopic (exact) mass is 1760 g/mol. The van der Waals surface area contributed by atoms with Crippen LogP contribution in [0.2, 0.25) is 0 Å². The summed E-state index contributed by atoms with van der Waals surface area (Å²) in [5.74, 6) is 7.92. The van der Waals surface area contributed by atoms with E-state index >= 15 is 0 Å². The molecule has 4 aliphatic carbocycles. The number of methoxy groups -OCH3 is 1. The van der Waals surface area contributed by atoms with Crippen molar-refractivity contribution in [3.8, 4) is 5.75 Å². The van der Waals surface area contributed by atoms with E-state index in [0.717, 1.165) is 284 Å². The number of pyridine rings is 4. The highest BCUT2D eigenvalue weighted by Crippen LogP contribution is 2.48. The number of aryl methyl sites for hydroxylation is 4. The highest BCUT2D eigenvalue weighted by Gasteiger charge is 2.34. The van der Waals surface area contributed by atoms with Crippen LogP contribution in [0, 0.1) is 0 Å². The molecule has 4 N–H and O–H groups in total. The molecule has 0 spiro atoms. The van der Waals surface area contributed by atoms with Gasteiger partial charge in [-0.3, -0.25) is 9.69 Å². The fourth-order valence-corrected chi connectivity index (χ4v) is 24.4. The van der Waals surface area contributed by atoms with E-state index < -0.39 is 0 Å². The Bertz CT molecular complexity index is 6320. The van der Waals surface area contributed by atoms with Gasteiger partial charge in [0.2, 0.25) is 0 Å². The van der Waals surface area contributed by atoms with Crippen LogP contribution in [-0.4, -0.2) is 238 Å². The van der Waals surface area contributed by atoms with E-state index in [9.17, 15) is 4.79 Å². The van der Waals surface area contributed by atoms with Gasteiger partial charge in [0.1, 0.15) is 89.2 Å². The van der Waals surface area contributed by atoms with Gasteiger partial charge in [-0.25, -0.2) is 25.0 Å². The summed E-state index contributed by atoms with van der Waals surface area (Å²) in [7, 11) is 1.68. The van der Waals surface area contributed by atoms with Crippen LogP contribution in [0.3, 0.4) is 0 Å². The molecule has 35 heteroatoms. The van der Waals surface area contributed by atoms with Crippen LogP contribution in [0.15, 0.2) is 53.3 Å². The van der Waals surface area contributed by atoms with Gasteiger partial charge >= 0.3 is 0 Å². The summed E-state index contributed by atoms with van der Waals surface area (Å²) >= 11 is 6.52. The molecule has 6 saturated heterocycles. The number of likely N-dealkylation sites (tertiary alicyclic amines) is 1. The summed E-state index contributed by atoms with van der Waals surface area (Å²) in [6.07, 6.45) is 22.2. The number of aromatic nitrogens is 16. The number of benzene rings is 2. The molecule has 125 heavy (non-hydrogen) atoms. The van der Waals surface area contributed by atoms with Gasteiger partial charge in [0.25, 0.3) is 5.56 Å². The molecule has 24 rings (SSSR count). The van der Waals surface area contributed by atoms with Crippen molar-refractivity contribution >= 4 is 168 Å². The number of piperidine rings is 1. The number of H-pyrrole nitrogens is 1. The molecule has 18 heterocycles. The average Bonchev–Trinajstić information content (AvgIpc) is 1.62. The van der Waals surface area contributed by atoms with Crippen LogP contribution < -0.4 is 50.7 Å². The zero-order chi connectivity index (χ0) is 83.7. The predicted molar refractivity (Wildman–Crippen MR) is 496 cm³/mol. The van der Waals surface area contributed by atoms with Crippen molar-refractivity contribution < 1.29 is 23.7 Å². The van der Waals surface area contributed by atoms with Crippen molar-refractivity contribution in [3.05, 3.63) is 120 Å². The number of morpholine rings is 4. The van der Waals surface area contributed by atoms with Gasteiger partial charge in [-0.1, -0.05) is 48.0 Å². The molecule has 14 aromatic rings. The Morgan fingerprint density at radius 1 is 0.392 bits per heavy atom. The van der Waals surface area contributed by atoms with Gasteiger partial charge in [0.15, 0.2) is 17.5 Å². The van der Waals surface area contributed by atoms with Gasteiger partial charge in [-0.2, -0.15) is 0 Å². The summed E-state index contributed by atoms with van der Waals surface area (Å²) in [6, 6.07) is 17.5. The fraction of sp³-hybridized carbons (Fsp3) is 0.511. The maximum absolute atomic E-state index is 12.1. The van der Waals surface area contributed by atoms with Crippen LogP contribution in [0.1, 0.15) is 139 Å². The number of thiophene rings is 4. The summed E-state index contributed by atoms with van der Waals surface area (Å²) < 4.78 is 31.4. The van der Waals surface area contributed by atoms with Crippen molar-refractivity contribution in [1.29, 1.82) is 0 Å². The number of nitrogens with one attached hydrogen (secondary N) is 4. The second kappa shape index (κ2) is 37.1. The highest BCUT2D eigenvalue weighted by molar-refractivity contribution is 7.27. The number of hydrogen-bond acceptors (Lipinski definition) is 34. The number of fused-ring (bicyclic) bond motifs is 20. The summed E-state index contributed by atoms with van der Waals surface area (Å²) in [6.45, 7) is 23.2. The maximum atomic E-state index is 12.1. The van der Waals surface area contributed by atoms with Gasteiger partial charge in [0, 0.05) is 119 Å². The fourth-order valence-electron chi connectivity index (χ4n) is 20.0. The molecule has 0 radical (unpaired) electrons.